The Labute approximate surface area is 216 Å². The summed E-state index contributed by atoms with van der Waals surface area (Å²) in [5, 5.41) is 9.32. The highest BCUT2D eigenvalue weighted by atomic mass is 35.5. The van der Waals surface area contributed by atoms with Gasteiger partial charge in [0.15, 0.2) is 0 Å². The van der Waals surface area contributed by atoms with Crippen molar-refractivity contribution < 1.29 is 14.3 Å². The third kappa shape index (κ3) is 3.64. The molecule has 2 aliphatic heterocycles. The molecule has 0 spiro atoms. The van der Waals surface area contributed by atoms with Crippen LogP contribution in [0.5, 0.6) is 0 Å². The summed E-state index contributed by atoms with van der Waals surface area (Å²) >= 11 is 5.95. The predicted molar refractivity (Wildman–Crippen MR) is 138 cm³/mol. The molecule has 0 saturated carbocycles. The number of rotatable bonds is 4. The van der Waals surface area contributed by atoms with Gasteiger partial charge in [-0.1, -0.05) is 35.9 Å². The maximum absolute atomic E-state index is 14.5. The van der Waals surface area contributed by atoms with Gasteiger partial charge in [0, 0.05) is 29.4 Å². The number of benzene rings is 2. The average molecular weight is 522 g/mol. The molecule has 0 radical (unpaired) electrons. The number of aromatic nitrogens is 3. The van der Waals surface area contributed by atoms with Gasteiger partial charge in [-0.05, 0) is 55.5 Å². The van der Waals surface area contributed by atoms with Crippen LogP contribution in [0.1, 0.15) is 43.0 Å². The van der Waals surface area contributed by atoms with Crippen LogP contribution in [0.4, 0.5) is 9.18 Å². The van der Waals surface area contributed by atoms with E-state index in [4.69, 9.17) is 17.3 Å². The lowest BCUT2D eigenvalue weighted by molar-refractivity contribution is 0.0609. The number of amides is 2. The van der Waals surface area contributed by atoms with Crippen LogP contribution in [-0.4, -0.2) is 36.6 Å². The van der Waals surface area contributed by atoms with Crippen LogP contribution in [0.3, 0.4) is 0 Å². The number of fused-ring (bicyclic) bond motifs is 3. The summed E-state index contributed by atoms with van der Waals surface area (Å²) in [6, 6.07) is 12.9. The van der Waals surface area contributed by atoms with E-state index in [1.165, 1.54) is 12.1 Å². The summed E-state index contributed by atoms with van der Waals surface area (Å²) in [6.07, 6.45) is 3.96. The lowest BCUT2D eigenvalue weighted by Gasteiger charge is -2.47. The van der Waals surface area contributed by atoms with Gasteiger partial charge < -0.3 is 20.7 Å². The van der Waals surface area contributed by atoms with Gasteiger partial charge in [0.2, 0.25) is 0 Å². The number of nitrogens with one attached hydrogen (secondary N) is 1. The summed E-state index contributed by atoms with van der Waals surface area (Å²) in [5.74, 6) is -0.557. The number of nitrogens with zero attached hydrogens (tertiary/aromatic N) is 3. The third-order valence-electron chi connectivity index (χ3n) is 7.94. The molecule has 2 amide bonds. The van der Waals surface area contributed by atoms with Crippen molar-refractivity contribution in [3.63, 3.8) is 0 Å². The van der Waals surface area contributed by atoms with Crippen LogP contribution in [0.25, 0.3) is 22.2 Å². The van der Waals surface area contributed by atoms with Crippen molar-refractivity contribution in [3.8, 4) is 11.1 Å². The zero-order valence-electron chi connectivity index (χ0n) is 19.8. The number of aromatic amines is 1. The van der Waals surface area contributed by atoms with Crippen molar-refractivity contribution >= 4 is 28.7 Å². The molecular weight excluding hydrogens is 497 g/mol. The van der Waals surface area contributed by atoms with E-state index in [1.807, 2.05) is 24.3 Å². The van der Waals surface area contributed by atoms with Gasteiger partial charge in [0.1, 0.15) is 5.82 Å². The highest BCUT2D eigenvalue weighted by Gasteiger charge is 2.55. The lowest BCUT2D eigenvalue weighted by Crippen LogP contribution is -2.56. The Hall–Kier alpha value is -3.69. The Balaban J connectivity index is 1.46. The molecule has 2 bridgehead atoms. The van der Waals surface area contributed by atoms with Crippen LogP contribution < -0.4 is 11.4 Å². The lowest BCUT2D eigenvalue weighted by atomic mass is 9.79. The van der Waals surface area contributed by atoms with Gasteiger partial charge in [-0.3, -0.25) is 9.55 Å². The number of pyridine rings is 1. The van der Waals surface area contributed by atoms with Crippen LogP contribution >= 0.6 is 11.6 Å². The number of halogens is 2. The largest absolute Gasteiger partial charge is 0.390 e. The van der Waals surface area contributed by atoms with Crippen LogP contribution in [0.15, 0.2) is 59.5 Å². The zero-order chi connectivity index (χ0) is 25.9. The highest BCUT2D eigenvalue weighted by molar-refractivity contribution is 6.30. The van der Waals surface area contributed by atoms with E-state index in [-0.39, 0.29) is 29.4 Å². The molecule has 8 nitrogen and oxygen atoms in total. The monoisotopic (exact) mass is 521 g/mol. The summed E-state index contributed by atoms with van der Waals surface area (Å²) in [4.78, 5) is 34.9. The fourth-order valence-electron chi connectivity index (χ4n) is 6.42. The van der Waals surface area contributed by atoms with Crippen molar-refractivity contribution in [1.82, 2.24) is 19.4 Å². The van der Waals surface area contributed by atoms with Crippen LogP contribution in [-0.2, 0) is 12.1 Å². The number of H-pyrrole nitrogens is 1. The number of hydrogen-bond donors (Lipinski definition) is 3. The Morgan fingerprint density at radius 2 is 2.08 bits per heavy atom. The first-order valence-electron chi connectivity index (χ1n) is 12.2. The predicted octanol–water partition coefficient (Wildman–Crippen LogP) is 4.45. The SMILES string of the molecule is NC(=O)N1C2CCC1(c1ccc(Cl)c(F)c1)CC(n1c(=O)[nH]c3c(-c4ccc(CO)nc4)cccc31)C2. The number of aliphatic hydroxyl groups is 1. The van der Waals surface area contributed by atoms with Gasteiger partial charge in [-0.15, -0.1) is 0 Å². The number of piperidine rings is 1. The molecule has 2 aromatic carbocycles. The molecule has 10 heteroatoms. The summed E-state index contributed by atoms with van der Waals surface area (Å²) in [7, 11) is 0. The highest BCUT2D eigenvalue weighted by Crippen LogP contribution is 2.54. The maximum atomic E-state index is 14.5. The van der Waals surface area contributed by atoms with E-state index in [0.717, 1.165) is 16.6 Å². The first-order valence-corrected chi connectivity index (χ1v) is 12.5. The van der Waals surface area contributed by atoms with E-state index in [1.54, 1.807) is 27.8 Å². The number of carbonyl (C=O) groups excluding carboxylic acids is 1. The number of aliphatic hydroxyl groups excluding tert-OH is 1. The molecule has 2 saturated heterocycles. The van der Waals surface area contributed by atoms with E-state index >= 15 is 0 Å². The second-order valence-corrected chi connectivity index (χ2v) is 10.3. The first kappa shape index (κ1) is 23.7. The van der Waals surface area contributed by atoms with Crippen molar-refractivity contribution in [2.75, 3.05) is 0 Å². The third-order valence-corrected chi connectivity index (χ3v) is 8.25. The quantitative estimate of drug-likeness (QED) is 0.368. The summed E-state index contributed by atoms with van der Waals surface area (Å²) in [5.41, 5.74) is 8.99. The van der Waals surface area contributed by atoms with Crippen molar-refractivity contribution in [2.45, 2.75) is 49.9 Å². The fourth-order valence-corrected chi connectivity index (χ4v) is 6.54. The molecule has 3 atom stereocenters. The van der Waals surface area contributed by atoms with Gasteiger partial charge in [0.05, 0.1) is 33.9 Å². The molecule has 190 valence electrons. The first-order chi connectivity index (χ1) is 17.8. The van der Waals surface area contributed by atoms with E-state index < -0.39 is 17.4 Å². The second-order valence-electron chi connectivity index (χ2n) is 9.85. The van der Waals surface area contributed by atoms with Crippen molar-refractivity contribution in [3.05, 3.63) is 87.3 Å². The van der Waals surface area contributed by atoms with Crippen LogP contribution in [0, 0.1) is 5.82 Å². The Morgan fingerprint density at radius 3 is 2.78 bits per heavy atom. The minimum atomic E-state index is -0.838. The molecule has 4 heterocycles. The van der Waals surface area contributed by atoms with Gasteiger partial charge in [-0.25, -0.2) is 14.0 Å². The molecule has 2 aliphatic rings. The molecule has 3 unspecified atom stereocenters. The van der Waals surface area contributed by atoms with Gasteiger partial charge >= 0.3 is 11.7 Å². The topological polar surface area (TPSA) is 117 Å². The van der Waals surface area contributed by atoms with Crippen molar-refractivity contribution in [1.29, 1.82) is 0 Å². The Morgan fingerprint density at radius 1 is 1.24 bits per heavy atom. The Bertz CT molecular complexity index is 1580. The number of carbonyl (C=O) groups is 1. The number of primary amides is 1. The van der Waals surface area contributed by atoms with E-state index in [0.29, 0.717) is 42.5 Å². The van der Waals surface area contributed by atoms with E-state index in [9.17, 15) is 19.1 Å². The molecule has 4 N–H and O–H groups in total. The van der Waals surface area contributed by atoms with Gasteiger partial charge in [-0.2, -0.15) is 0 Å². The molecule has 4 aromatic rings. The standard InChI is InChI=1S/C27H25ClFN5O3/c28-21-7-5-16(10-22(21)29)27-9-8-18(34(27)25(30)36)11-19(12-27)33-23-3-1-2-20(24(23)32-26(33)37)15-4-6-17(14-35)31-13-15/h1-7,10,13,18-19,35H,8-9,11-12,14H2,(H2,30,36)(H,32,37). The molecule has 6 rings (SSSR count). The number of para-hydroxylation sites is 1. The number of nitrogens with two attached hydrogens (primary N) is 1. The second kappa shape index (κ2) is 8.71. The smallest absolute Gasteiger partial charge is 0.326 e. The Kier molecular flexibility index (Phi) is 5.58. The van der Waals surface area contributed by atoms with Crippen LogP contribution in [0.2, 0.25) is 5.02 Å². The minimum absolute atomic E-state index is 0.00886. The van der Waals surface area contributed by atoms with E-state index in [2.05, 4.69) is 9.97 Å². The molecule has 0 aliphatic carbocycles. The molecule has 2 fully saturated rings. The number of hydrogen-bond acceptors (Lipinski definition) is 4. The van der Waals surface area contributed by atoms with Gasteiger partial charge in [0.25, 0.3) is 0 Å². The average Bonchev–Trinajstić information content (AvgIpc) is 3.36. The zero-order valence-corrected chi connectivity index (χ0v) is 20.6. The summed E-state index contributed by atoms with van der Waals surface area (Å²) < 4.78 is 16.3. The number of urea groups is 1. The maximum Gasteiger partial charge on any atom is 0.326 e. The molecular formula is C27H25ClFN5O3. The molecule has 2 aromatic heterocycles. The minimum Gasteiger partial charge on any atom is -0.390 e. The number of imidazole rings is 1. The molecule has 37 heavy (non-hydrogen) atoms. The summed E-state index contributed by atoms with van der Waals surface area (Å²) in [6.45, 7) is -0.151. The normalized spacial score (nSPS) is 23.1. The van der Waals surface area contributed by atoms with Crippen molar-refractivity contribution in [2.24, 2.45) is 5.73 Å². The fraction of sp³-hybridized carbons (Fsp3) is 0.296.